The van der Waals surface area contributed by atoms with Gasteiger partial charge in [-0.15, -0.1) is 0 Å². The molecule has 0 aliphatic heterocycles. The van der Waals surface area contributed by atoms with E-state index in [0.717, 1.165) is 17.8 Å². The molecular formula is C17H17F3N2O3S. The number of rotatable bonds is 8. The average molecular weight is 386 g/mol. The molecule has 1 aromatic heterocycles. The van der Waals surface area contributed by atoms with Gasteiger partial charge in [0.1, 0.15) is 11.4 Å². The third kappa shape index (κ3) is 5.91. The fourth-order valence-corrected chi connectivity index (χ4v) is 2.86. The number of carboxylic acid groups (broad SMARTS) is 1. The molecule has 2 aromatic rings. The zero-order valence-corrected chi connectivity index (χ0v) is 14.7. The number of alkyl halides is 3. The summed E-state index contributed by atoms with van der Waals surface area (Å²) in [4.78, 5) is 18.2. The number of aliphatic carboxylic acids is 1. The highest BCUT2D eigenvalue weighted by Gasteiger charge is 2.33. The van der Waals surface area contributed by atoms with Crippen LogP contribution in [-0.2, 0) is 11.0 Å². The van der Waals surface area contributed by atoms with E-state index < -0.39 is 17.8 Å². The molecule has 1 aromatic carbocycles. The number of carboxylic acids is 1. The minimum absolute atomic E-state index is 0.0332. The van der Waals surface area contributed by atoms with Crippen molar-refractivity contribution in [2.24, 2.45) is 0 Å². The van der Waals surface area contributed by atoms with E-state index in [0.29, 0.717) is 30.1 Å². The fourth-order valence-electron chi connectivity index (χ4n) is 2.06. The van der Waals surface area contributed by atoms with Crippen LogP contribution in [0.1, 0.15) is 25.5 Å². The van der Waals surface area contributed by atoms with Crippen LogP contribution in [0.15, 0.2) is 35.5 Å². The Morgan fingerprint density at radius 3 is 2.50 bits per heavy atom. The molecule has 0 atom stereocenters. The van der Waals surface area contributed by atoms with Crippen LogP contribution in [0.5, 0.6) is 5.75 Å². The van der Waals surface area contributed by atoms with Crippen LogP contribution >= 0.6 is 11.8 Å². The number of hydrogen-bond donors (Lipinski definition) is 1. The van der Waals surface area contributed by atoms with E-state index in [9.17, 15) is 18.0 Å². The molecular weight excluding hydrogens is 369 g/mol. The van der Waals surface area contributed by atoms with E-state index in [1.54, 1.807) is 24.3 Å². The molecule has 0 unspecified atom stereocenters. The summed E-state index contributed by atoms with van der Waals surface area (Å²) < 4.78 is 44.7. The number of carbonyl (C=O) groups is 1. The molecule has 0 saturated carbocycles. The lowest BCUT2D eigenvalue weighted by Crippen LogP contribution is -2.10. The summed E-state index contributed by atoms with van der Waals surface area (Å²) in [7, 11) is 0. The van der Waals surface area contributed by atoms with Gasteiger partial charge in [0.25, 0.3) is 0 Å². The largest absolute Gasteiger partial charge is 0.494 e. The van der Waals surface area contributed by atoms with E-state index in [1.165, 1.54) is 0 Å². The van der Waals surface area contributed by atoms with Crippen molar-refractivity contribution >= 4 is 17.7 Å². The van der Waals surface area contributed by atoms with Gasteiger partial charge in [-0.3, -0.25) is 4.79 Å². The molecule has 5 nitrogen and oxygen atoms in total. The molecule has 1 heterocycles. The van der Waals surface area contributed by atoms with E-state index >= 15 is 0 Å². The van der Waals surface area contributed by atoms with Crippen molar-refractivity contribution in [3.8, 4) is 17.0 Å². The Balaban J connectivity index is 2.26. The van der Waals surface area contributed by atoms with Gasteiger partial charge in [-0.25, -0.2) is 9.97 Å². The van der Waals surface area contributed by atoms with Gasteiger partial charge in [0, 0.05) is 17.7 Å². The zero-order valence-electron chi connectivity index (χ0n) is 13.9. The normalized spacial score (nSPS) is 11.4. The molecule has 0 amide bonds. The van der Waals surface area contributed by atoms with Crippen molar-refractivity contribution < 1.29 is 27.8 Å². The topological polar surface area (TPSA) is 72.3 Å². The van der Waals surface area contributed by atoms with Crippen molar-refractivity contribution in [3.63, 3.8) is 0 Å². The molecule has 0 saturated heterocycles. The van der Waals surface area contributed by atoms with Gasteiger partial charge in [-0.05, 0) is 43.7 Å². The number of benzene rings is 1. The summed E-state index contributed by atoms with van der Waals surface area (Å²) in [5.74, 6) is -0.0219. The quantitative estimate of drug-likeness (QED) is 0.409. The molecule has 0 aliphatic carbocycles. The van der Waals surface area contributed by atoms with Crippen molar-refractivity contribution in [2.75, 3.05) is 12.4 Å². The maximum absolute atomic E-state index is 13.1. The summed E-state index contributed by atoms with van der Waals surface area (Å²) in [5, 5.41) is 8.58. The predicted molar refractivity (Wildman–Crippen MR) is 91.2 cm³/mol. The zero-order chi connectivity index (χ0) is 19.2. The Hall–Kier alpha value is -2.29. The molecule has 9 heteroatoms. The van der Waals surface area contributed by atoms with Crippen LogP contribution in [0, 0.1) is 0 Å². The van der Waals surface area contributed by atoms with Crippen molar-refractivity contribution in [2.45, 2.75) is 31.1 Å². The summed E-state index contributed by atoms with van der Waals surface area (Å²) in [6.07, 6.45) is -4.34. The third-order valence-electron chi connectivity index (χ3n) is 3.22. The second kappa shape index (κ2) is 8.88. The highest BCUT2D eigenvalue weighted by molar-refractivity contribution is 7.99. The lowest BCUT2D eigenvalue weighted by atomic mass is 10.1. The van der Waals surface area contributed by atoms with E-state index in [-0.39, 0.29) is 17.3 Å². The maximum atomic E-state index is 13.1. The molecule has 0 bridgehead atoms. The van der Waals surface area contributed by atoms with Crippen LogP contribution in [0.4, 0.5) is 13.2 Å². The van der Waals surface area contributed by atoms with E-state index in [1.807, 2.05) is 6.92 Å². The van der Waals surface area contributed by atoms with Crippen LogP contribution in [0.3, 0.4) is 0 Å². The number of halogens is 3. The first kappa shape index (κ1) is 20.0. The first-order valence-electron chi connectivity index (χ1n) is 7.83. The van der Waals surface area contributed by atoms with Crippen LogP contribution < -0.4 is 4.74 Å². The number of nitrogens with zero attached hydrogens (tertiary/aromatic N) is 2. The maximum Gasteiger partial charge on any atom is 0.433 e. The smallest absolute Gasteiger partial charge is 0.433 e. The molecule has 0 fully saturated rings. The van der Waals surface area contributed by atoms with Gasteiger partial charge in [-0.2, -0.15) is 13.2 Å². The minimum Gasteiger partial charge on any atom is -0.494 e. The molecule has 0 aliphatic rings. The van der Waals surface area contributed by atoms with Gasteiger partial charge in [0.2, 0.25) is 0 Å². The highest BCUT2D eigenvalue weighted by atomic mass is 32.2. The summed E-state index contributed by atoms with van der Waals surface area (Å²) in [6, 6.07) is 7.48. The van der Waals surface area contributed by atoms with Crippen molar-refractivity contribution in [1.29, 1.82) is 0 Å². The second-order valence-electron chi connectivity index (χ2n) is 5.22. The Bertz CT molecular complexity index is 752. The first-order valence-corrected chi connectivity index (χ1v) is 8.82. The molecule has 2 rings (SSSR count). The molecule has 140 valence electrons. The Morgan fingerprint density at radius 2 is 1.92 bits per heavy atom. The molecule has 0 radical (unpaired) electrons. The van der Waals surface area contributed by atoms with E-state index in [4.69, 9.17) is 9.84 Å². The van der Waals surface area contributed by atoms with Crippen molar-refractivity contribution in [3.05, 3.63) is 36.0 Å². The summed E-state index contributed by atoms with van der Waals surface area (Å²) in [5.41, 5.74) is -0.373. The Labute approximate surface area is 152 Å². The van der Waals surface area contributed by atoms with Gasteiger partial charge >= 0.3 is 12.1 Å². The molecule has 0 spiro atoms. The van der Waals surface area contributed by atoms with Crippen LogP contribution in [-0.4, -0.2) is 33.4 Å². The molecule has 26 heavy (non-hydrogen) atoms. The standard InChI is InChI=1S/C17H17F3N2O3S/c1-2-25-12-7-5-11(6-8-12)13-10-14(17(18,19)20)22-16(21-13)26-9-3-4-15(23)24/h5-8,10H,2-4,9H2,1H3,(H,23,24). The fraction of sp³-hybridized carbons (Fsp3) is 0.353. The van der Waals surface area contributed by atoms with Crippen LogP contribution in [0.25, 0.3) is 11.3 Å². The monoisotopic (exact) mass is 386 g/mol. The number of hydrogen-bond acceptors (Lipinski definition) is 5. The number of ether oxygens (including phenoxy) is 1. The number of aromatic nitrogens is 2. The van der Waals surface area contributed by atoms with E-state index in [2.05, 4.69) is 9.97 Å². The Kier molecular flexibility index (Phi) is 6.84. The van der Waals surface area contributed by atoms with Gasteiger partial charge < -0.3 is 9.84 Å². The number of thioether (sulfide) groups is 1. The van der Waals surface area contributed by atoms with Crippen LogP contribution in [0.2, 0.25) is 0 Å². The van der Waals surface area contributed by atoms with Crippen molar-refractivity contribution in [1.82, 2.24) is 9.97 Å². The first-order chi connectivity index (χ1) is 12.3. The third-order valence-corrected chi connectivity index (χ3v) is 4.16. The minimum atomic E-state index is -4.60. The summed E-state index contributed by atoms with van der Waals surface area (Å²) >= 11 is 1.00. The van der Waals surface area contributed by atoms with Gasteiger partial charge in [-0.1, -0.05) is 11.8 Å². The summed E-state index contributed by atoms with van der Waals surface area (Å²) in [6.45, 7) is 2.32. The SMILES string of the molecule is CCOc1ccc(-c2cc(C(F)(F)F)nc(SCCCC(=O)O)n2)cc1. The lowest BCUT2D eigenvalue weighted by molar-refractivity contribution is -0.141. The lowest BCUT2D eigenvalue weighted by Gasteiger charge is -2.11. The van der Waals surface area contributed by atoms with Gasteiger partial charge in [0.05, 0.1) is 12.3 Å². The predicted octanol–water partition coefficient (Wildman–Crippen LogP) is 4.52. The van der Waals surface area contributed by atoms with Gasteiger partial charge in [0.15, 0.2) is 5.16 Å². The second-order valence-corrected chi connectivity index (χ2v) is 6.28. The molecule has 1 N–H and O–H groups in total. The average Bonchev–Trinajstić information content (AvgIpc) is 2.58. The highest BCUT2D eigenvalue weighted by Crippen LogP contribution is 2.32. The Morgan fingerprint density at radius 1 is 1.23 bits per heavy atom.